The Morgan fingerprint density at radius 1 is 1.62 bits per heavy atom. The van der Waals surface area contributed by atoms with Crippen LogP contribution in [-0.2, 0) is 9.53 Å². The monoisotopic (exact) mass is 184 g/mol. The lowest BCUT2D eigenvalue weighted by Crippen LogP contribution is -2.31. The third-order valence-corrected chi connectivity index (χ3v) is 3.10. The number of carbonyl (C=O) groups is 1. The van der Waals surface area contributed by atoms with Gasteiger partial charge in [0, 0.05) is 6.42 Å². The lowest BCUT2D eigenvalue weighted by molar-refractivity contribution is -0.157. The summed E-state index contributed by atoms with van der Waals surface area (Å²) >= 11 is 0. The van der Waals surface area contributed by atoms with Gasteiger partial charge in [-0.05, 0) is 31.6 Å². The van der Waals surface area contributed by atoms with E-state index in [0.29, 0.717) is 12.3 Å². The van der Waals surface area contributed by atoms with Crippen LogP contribution in [0.25, 0.3) is 0 Å². The highest BCUT2D eigenvalue weighted by molar-refractivity contribution is 5.70. The highest BCUT2D eigenvalue weighted by atomic mass is 16.5. The molecule has 3 atom stereocenters. The van der Waals surface area contributed by atoms with Gasteiger partial charge in [-0.1, -0.05) is 20.3 Å². The van der Waals surface area contributed by atoms with Crippen LogP contribution in [0.1, 0.15) is 46.5 Å². The van der Waals surface area contributed by atoms with E-state index < -0.39 is 0 Å². The molecule has 2 heteroatoms. The van der Waals surface area contributed by atoms with Crippen molar-refractivity contribution in [2.75, 3.05) is 0 Å². The molecular weight excluding hydrogens is 164 g/mol. The molecule has 0 aromatic rings. The van der Waals surface area contributed by atoms with E-state index in [9.17, 15) is 4.79 Å². The van der Waals surface area contributed by atoms with Gasteiger partial charge in [0.15, 0.2) is 0 Å². The number of hydrogen-bond donors (Lipinski definition) is 0. The summed E-state index contributed by atoms with van der Waals surface area (Å²) in [6, 6.07) is 0. The fraction of sp³-hybridized carbons (Fsp3) is 0.909. The van der Waals surface area contributed by atoms with Gasteiger partial charge in [-0.2, -0.15) is 0 Å². The van der Waals surface area contributed by atoms with E-state index in [1.165, 1.54) is 12.8 Å². The lowest BCUT2D eigenvalue weighted by Gasteiger charge is -2.30. The zero-order valence-electron chi connectivity index (χ0n) is 8.88. The van der Waals surface area contributed by atoms with Crippen molar-refractivity contribution in [2.24, 2.45) is 11.8 Å². The average Bonchev–Trinajstić information content (AvgIpc) is 2.09. The minimum Gasteiger partial charge on any atom is -0.462 e. The van der Waals surface area contributed by atoms with E-state index in [1.807, 2.05) is 6.92 Å². The van der Waals surface area contributed by atoms with Crippen molar-refractivity contribution >= 4 is 5.97 Å². The molecule has 2 nitrogen and oxygen atoms in total. The molecule has 1 aliphatic heterocycles. The van der Waals surface area contributed by atoms with Crippen molar-refractivity contribution in [1.29, 1.82) is 0 Å². The Morgan fingerprint density at radius 2 is 2.31 bits per heavy atom. The molecule has 0 aromatic heterocycles. The van der Waals surface area contributed by atoms with Crippen molar-refractivity contribution in [2.45, 2.75) is 52.6 Å². The van der Waals surface area contributed by atoms with Crippen molar-refractivity contribution in [3.8, 4) is 0 Å². The second-order valence-corrected chi connectivity index (χ2v) is 4.24. The molecule has 0 amide bonds. The normalized spacial score (nSPS) is 31.2. The first kappa shape index (κ1) is 10.6. The van der Waals surface area contributed by atoms with Crippen LogP contribution in [0.2, 0.25) is 0 Å². The third-order valence-electron chi connectivity index (χ3n) is 3.10. The fourth-order valence-corrected chi connectivity index (χ4v) is 1.89. The van der Waals surface area contributed by atoms with Gasteiger partial charge in [-0.3, -0.25) is 4.79 Å². The summed E-state index contributed by atoms with van der Waals surface area (Å²) < 4.78 is 5.21. The Morgan fingerprint density at radius 3 is 2.85 bits per heavy atom. The topological polar surface area (TPSA) is 26.3 Å². The Kier molecular flexibility index (Phi) is 3.76. The molecule has 0 saturated carbocycles. The molecule has 0 spiro atoms. The second kappa shape index (κ2) is 4.64. The molecule has 1 heterocycles. The summed E-state index contributed by atoms with van der Waals surface area (Å²) in [6.07, 6.45) is 4.19. The minimum absolute atomic E-state index is 0.0205. The first-order valence-electron chi connectivity index (χ1n) is 5.33. The molecule has 0 unspecified atom stereocenters. The summed E-state index contributed by atoms with van der Waals surface area (Å²) in [7, 11) is 0. The number of carbonyl (C=O) groups excluding carboxylic acids is 1. The third kappa shape index (κ3) is 3.02. The van der Waals surface area contributed by atoms with Gasteiger partial charge in [0.1, 0.15) is 6.10 Å². The lowest BCUT2D eigenvalue weighted by atomic mass is 9.86. The van der Waals surface area contributed by atoms with Gasteiger partial charge in [0.05, 0.1) is 0 Å². The molecule has 1 aliphatic rings. The van der Waals surface area contributed by atoms with Crippen LogP contribution in [0.5, 0.6) is 0 Å². The van der Waals surface area contributed by atoms with Crippen molar-refractivity contribution in [3.05, 3.63) is 0 Å². The predicted molar refractivity (Wildman–Crippen MR) is 52.4 cm³/mol. The van der Waals surface area contributed by atoms with E-state index in [1.54, 1.807) is 0 Å². The van der Waals surface area contributed by atoms with Gasteiger partial charge >= 0.3 is 5.97 Å². The van der Waals surface area contributed by atoms with E-state index in [-0.39, 0.29) is 12.1 Å². The molecule has 13 heavy (non-hydrogen) atoms. The van der Waals surface area contributed by atoms with Crippen LogP contribution in [0.4, 0.5) is 0 Å². The Hall–Kier alpha value is -0.530. The number of cyclic esters (lactones) is 1. The van der Waals surface area contributed by atoms with Crippen LogP contribution in [0, 0.1) is 11.8 Å². The summed E-state index contributed by atoms with van der Waals surface area (Å²) in [5.74, 6) is 1.32. The summed E-state index contributed by atoms with van der Waals surface area (Å²) in [5.41, 5.74) is 0. The first-order valence-corrected chi connectivity index (χ1v) is 5.33. The van der Waals surface area contributed by atoms with Crippen LogP contribution in [-0.4, -0.2) is 12.1 Å². The molecule has 0 aromatic carbocycles. The van der Waals surface area contributed by atoms with Crippen molar-refractivity contribution < 1.29 is 9.53 Å². The maximum atomic E-state index is 11.0. The molecule has 76 valence electrons. The zero-order valence-corrected chi connectivity index (χ0v) is 8.88. The number of rotatable bonds is 3. The molecule has 0 N–H and O–H groups in total. The molecule has 1 saturated heterocycles. The van der Waals surface area contributed by atoms with Gasteiger partial charge in [-0.15, -0.1) is 0 Å². The highest BCUT2D eigenvalue weighted by Gasteiger charge is 2.27. The second-order valence-electron chi connectivity index (χ2n) is 4.24. The standard InChI is InChI=1S/C11H20O2/c1-4-8(2)7-10-5-6-11(12)13-9(10)3/h8-10H,4-7H2,1-3H3/t8-,9+,10+/m0/s1. The largest absolute Gasteiger partial charge is 0.462 e. The number of hydrogen-bond acceptors (Lipinski definition) is 2. The van der Waals surface area contributed by atoms with Crippen molar-refractivity contribution in [1.82, 2.24) is 0 Å². The smallest absolute Gasteiger partial charge is 0.306 e. The minimum atomic E-state index is -0.0205. The summed E-state index contributed by atoms with van der Waals surface area (Å²) in [6.45, 7) is 6.50. The summed E-state index contributed by atoms with van der Waals surface area (Å²) in [4.78, 5) is 11.0. The number of ether oxygens (including phenoxy) is 1. The highest BCUT2D eigenvalue weighted by Crippen LogP contribution is 2.28. The quantitative estimate of drug-likeness (QED) is 0.630. The van der Waals surface area contributed by atoms with Gasteiger partial charge < -0.3 is 4.74 Å². The molecule has 0 bridgehead atoms. The van der Waals surface area contributed by atoms with E-state index in [0.717, 1.165) is 12.3 Å². The zero-order chi connectivity index (χ0) is 9.84. The number of esters is 1. The Bertz CT molecular complexity index is 177. The predicted octanol–water partition coefficient (Wildman–Crippen LogP) is 2.76. The van der Waals surface area contributed by atoms with E-state index in [4.69, 9.17) is 4.74 Å². The maximum absolute atomic E-state index is 11.0. The van der Waals surface area contributed by atoms with Crippen molar-refractivity contribution in [3.63, 3.8) is 0 Å². The van der Waals surface area contributed by atoms with Gasteiger partial charge in [0.25, 0.3) is 0 Å². The maximum Gasteiger partial charge on any atom is 0.306 e. The van der Waals surface area contributed by atoms with Crippen LogP contribution in [0.3, 0.4) is 0 Å². The average molecular weight is 184 g/mol. The fourth-order valence-electron chi connectivity index (χ4n) is 1.89. The molecular formula is C11H20O2. The Balaban J connectivity index is 2.37. The Labute approximate surface area is 80.7 Å². The molecule has 0 radical (unpaired) electrons. The molecule has 0 aliphatic carbocycles. The van der Waals surface area contributed by atoms with Crippen LogP contribution < -0.4 is 0 Å². The van der Waals surface area contributed by atoms with Crippen LogP contribution in [0.15, 0.2) is 0 Å². The summed E-state index contributed by atoms with van der Waals surface area (Å²) in [5, 5.41) is 0. The van der Waals surface area contributed by atoms with E-state index in [2.05, 4.69) is 13.8 Å². The SMILES string of the molecule is CC[C@H](C)C[C@H]1CCC(=O)O[C@@H]1C. The molecule has 1 fully saturated rings. The van der Waals surface area contributed by atoms with Gasteiger partial charge in [-0.25, -0.2) is 0 Å². The van der Waals surface area contributed by atoms with E-state index >= 15 is 0 Å². The first-order chi connectivity index (χ1) is 6.13. The molecule has 1 rings (SSSR count). The van der Waals surface area contributed by atoms with Crippen LogP contribution >= 0.6 is 0 Å². The van der Waals surface area contributed by atoms with Gasteiger partial charge in [0.2, 0.25) is 0 Å².